The number of amides is 1. The fraction of sp³-hybridized carbons (Fsp3) is 0.429. The number of halogens is 1. The third-order valence-electron chi connectivity index (χ3n) is 3.28. The van der Waals surface area contributed by atoms with Gasteiger partial charge in [-0.25, -0.2) is 0 Å². The van der Waals surface area contributed by atoms with E-state index in [1.165, 1.54) is 4.90 Å². The number of ether oxygens (including phenoxy) is 1. The number of rotatable bonds is 4. The summed E-state index contributed by atoms with van der Waals surface area (Å²) < 4.78 is 5.30. The summed E-state index contributed by atoms with van der Waals surface area (Å²) in [6.07, 6.45) is 0. The fourth-order valence-electron chi connectivity index (χ4n) is 2.11. The number of carbonyl (C=O) groups excluding carboxylic acids is 1. The van der Waals surface area contributed by atoms with E-state index in [0.29, 0.717) is 15.7 Å². The van der Waals surface area contributed by atoms with Crippen LogP contribution in [0, 0.1) is 0 Å². The van der Waals surface area contributed by atoms with Gasteiger partial charge in [-0.2, -0.15) is 0 Å². The summed E-state index contributed by atoms with van der Waals surface area (Å²) in [5, 5.41) is 6.57. The van der Waals surface area contributed by atoms with E-state index >= 15 is 0 Å². The summed E-state index contributed by atoms with van der Waals surface area (Å²) in [5.74, 6) is -0.256. The second kappa shape index (κ2) is 8.29. The highest BCUT2D eigenvalue weighted by Gasteiger charge is 2.13. The van der Waals surface area contributed by atoms with Crippen molar-refractivity contribution in [3.63, 3.8) is 0 Å². The average Bonchev–Trinajstić information content (AvgIpc) is 2.48. The van der Waals surface area contributed by atoms with E-state index in [0.717, 1.165) is 39.4 Å². The molecular weight excluding hydrogens is 310 g/mol. The van der Waals surface area contributed by atoms with E-state index in [1.54, 1.807) is 24.3 Å². The van der Waals surface area contributed by atoms with Crippen LogP contribution >= 0.6 is 23.8 Å². The molecule has 21 heavy (non-hydrogen) atoms. The van der Waals surface area contributed by atoms with Crippen molar-refractivity contribution >= 4 is 34.8 Å². The van der Waals surface area contributed by atoms with Crippen LogP contribution in [-0.2, 0) is 4.74 Å². The van der Waals surface area contributed by atoms with Crippen molar-refractivity contribution in [3.8, 4) is 0 Å². The molecule has 0 spiro atoms. The monoisotopic (exact) mass is 328 g/mol. The van der Waals surface area contributed by atoms with Crippen LogP contribution in [-0.4, -0.2) is 50.4 Å². The molecule has 1 aromatic carbocycles. The molecule has 3 N–H and O–H groups in total. The molecule has 1 heterocycles. The smallest absolute Gasteiger partial charge is 0.257 e. The number of morpholine rings is 1. The van der Waals surface area contributed by atoms with Gasteiger partial charge >= 0.3 is 0 Å². The molecule has 0 radical (unpaired) electrons. The Kier molecular flexibility index (Phi) is 6.38. The van der Waals surface area contributed by atoms with Crippen molar-refractivity contribution in [1.29, 1.82) is 0 Å². The Morgan fingerprint density at radius 1 is 1.38 bits per heavy atom. The number of hydrogen-bond donors (Lipinski definition) is 3. The summed E-state index contributed by atoms with van der Waals surface area (Å²) in [4.78, 5) is 13.4. The maximum absolute atomic E-state index is 12.0. The lowest BCUT2D eigenvalue weighted by Gasteiger charge is -2.23. The molecule has 0 saturated carbocycles. The van der Waals surface area contributed by atoms with Crippen LogP contribution < -0.4 is 15.5 Å². The molecule has 114 valence electrons. The van der Waals surface area contributed by atoms with Gasteiger partial charge in [0.2, 0.25) is 0 Å². The molecule has 0 bridgehead atoms. The van der Waals surface area contributed by atoms with Crippen LogP contribution in [0.2, 0.25) is 5.02 Å². The normalized spacial score (nSPS) is 15.5. The van der Waals surface area contributed by atoms with E-state index in [4.69, 9.17) is 28.6 Å². The minimum atomic E-state index is -0.256. The van der Waals surface area contributed by atoms with E-state index < -0.39 is 0 Å². The summed E-state index contributed by atoms with van der Waals surface area (Å²) in [5.41, 5.74) is 0.491. The van der Waals surface area contributed by atoms with E-state index in [1.807, 2.05) is 0 Å². The Labute approximate surface area is 134 Å². The first-order valence-electron chi connectivity index (χ1n) is 6.91. The van der Waals surface area contributed by atoms with Gasteiger partial charge in [-0.15, -0.1) is 0 Å². The van der Waals surface area contributed by atoms with Gasteiger partial charge in [0.05, 0.1) is 26.3 Å². The van der Waals surface area contributed by atoms with Crippen molar-refractivity contribution in [2.45, 2.75) is 0 Å². The highest BCUT2D eigenvalue weighted by atomic mass is 35.5. The zero-order chi connectivity index (χ0) is 15.1. The number of benzene rings is 1. The van der Waals surface area contributed by atoms with Crippen LogP contribution in [0.1, 0.15) is 10.4 Å². The largest absolute Gasteiger partial charge is 0.370 e. The maximum Gasteiger partial charge on any atom is 0.257 e. The fourth-order valence-corrected chi connectivity index (χ4v) is 2.50. The highest BCUT2D eigenvalue weighted by Crippen LogP contribution is 2.10. The molecule has 1 aromatic rings. The minimum Gasteiger partial charge on any atom is -0.370 e. The molecule has 1 aliphatic rings. The van der Waals surface area contributed by atoms with E-state index in [-0.39, 0.29) is 5.91 Å². The second-order valence-corrected chi connectivity index (χ2v) is 5.68. The summed E-state index contributed by atoms with van der Waals surface area (Å²) >= 11 is 11.0. The molecule has 1 fully saturated rings. The van der Waals surface area contributed by atoms with Crippen molar-refractivity contribution in [1.82, 2.24) is 10.6 Å². The molecule has 1 aliphatic heterocycles. The molecule has 0 aliphatic carbocycles. The Morgan fingerprint density at radius 3 is 2.86 bits per heavy atom. The van der Waals surface area contributed by atoms with Crippen LogP contribution in [0.4, 0.5) is 0 Å². The maximum atomic E-state index is 12.0. The average molecular weight is 329 g/mol. The van der Waals surface area contributed by atoms with Crippen molar-refractivity contribution < 1.29 is 14.4 Å². The Bertz CT molecular complexity index is 507. The lowest BCUT2D eigenvalue weighted by molar-refractivity contribution is -0.906. The van der Waals surface area contributed by atoms with E-state index in [9.17, 15) is 4.79 Å². The third kappa shape index (κ3) is 5.59. The predicted molar refractivity (Wildman–Crippen MR) is 85.9 cm³/mol. The Balaban J connectivity index is 1.70. The van der Waals surface area contributed by atoms with Crippen LogP contribution in [0.5, 0.6) is 0 Å². The van der Waals surface area contributed by atoms with Crippen LogP contribution in [0.25, 0.3) is 0 Å². The quantitative estimate of drug-likeness (QED) is 0.674. The van der Waals surface area contributed by atoms with Gasteiger partial charge in [0, 0.05) is 10.6 Å². The first kappa shape index (κ1) is 16.2. The summed E-state index contributed by atoms with van der Waals surface area (Å²) in [7, 11) is 0. The standard InChI is InChI=1S/C14H18ClN3O2S/c15-12-3-1-2-11(10-12)13(19)17-14(21)16-4-5-18-6-8-20-9-7-18/h1-3,10H,4-9H2,(H2,16,17,19,21)/p+1. The van der Waals surface area contributed by atoms with Gasteiger partial charge in [0.25, 0.3) is 5.91 Å². The zero-order valence-electron chi connectivity index (χ0n) is 11.7. The Morgan fingerprint density at radius 2 is 2.14 bits per heavy atom. The van der Waals surface area contributed by atoms with Crippen molar-refractivity contribution in [3.05, 3.63) is 34.9 Å². The lowest BCUT2D eigenvalue weighted by atomic mass is 10.2. The molecule has 5 nitrogen and oxygen atoms in total. The van der Waals surface area contributed by atoms with Gasteiger partial charge in [0.1, 0.15) is 13.1 Å². The first-order chi connectivity index (χ1) is 10.1. The van der Waals surface area contributed by atoms with Crippen LogP contribution in [0.15, 0.2) is 24.3 Å². The highest BCUT2D eigenvalue weighted by molar-refractivity contribution is 7.80. The molecular formula is C14H19ClN3O2S+. The second-order valence-electron chi connectivity index (χ2n) is 4.83. The molecule has 0 unspecified atom stereocenters. The van der Waals surface area contributed by atoms with Gasteiger partial charge in [0.15, 0.2) is 5.11 Å². The molecule has 2 rings (SSSR count). The van der Waals surface area contributed by atoms with Gasteiger partial charge < -0.3 is 15.0 Å². The molecule has 0 atom stereocenters. The number of carbonyl (C=O) groups is 1. The summed E-state index contributed by atoms with van der Waals surface area (Å²) in [6.45, 7) is 5.34. The summed E-state index contributed by atoms with van der Waals surface area (Å²) in [6, 6.07) is 6.76. The van der Waals surface area contributed by atoms with Gasteiger partial charge in [-0.1, -0.05) is 17.7 Å². The topological polar surface area (TPSA) is 54.8 Å². The molecule has 1 amide bonds. The zero-order valence-corrected chi connectivity index (χ0v) is 13.2. The van der Waals surface area contributed by atoms with Crippen LogP contribution in [0.3, 0.4) is 0 Å². The van der Waals surface area contributed by atoms with Gasteiger partial charge in [-0.3, -0.25) is 10.1 Å². The lowest BCUT2D eigenvalue weighted by Crippen LogP contribution is -3.14. The molecule has 7 heteroatoms. The van der Waals surface area contributed by atoms with Gasteiger partial charge in [-0.05, 0) is 30.4 Å². The molecule has 1 saturated heterocycles. The number of quaternary nitrogens is 1. The number of hydrogen-bond acceptors (Lipinski definition) is 3. The van der Waals surface area contributed by atoms with Crippen molar-refractivity contribution in [2.24, 2.45) is 0 Å². The van der Waals surface area contributed by atoms with E-state index in [2.05, 4.69) is 10.6 Å². The van der Waals surface area contributed by atoms with Crippen molar-refractivity contribution in [2.75, 3.05) is 39.4 Å². The predicted octanol–water partition coefficient (Wildman–Crippen LogP) is -0.141. The molecule has 0 aromatic heterocycles. The minimum absolute atomic E-state index is 0.256. The number of nitrogens with one attached hydrogen (secondary N) is 3. The number of thiocarbonyl (C=S) groups is 1. The first-order valence-corrected chi connectivity index (χ1v) is 7.70. The Hall–Kier alpha value is -1.21. The third-order valence-corrected chi connectivity index (χ3v) is 3.76. The SMILES string of the molecule is O=C(NC(=S)NCC[NH+]1CCOCC1)c1cccc(Cl)c1.